The van der Waals surface area contributed by atoms with E-state index in [-0.39, 0.29) is 10.8 Å². The molecule has 1 N–H and O–H groups in total. The number of hydrogen-bond donors (Lipinski definition) is 1. The first kappa shape index (κ1) is 30.4. The van der Waals surface area contributed by atoms with Crippen LogP contribution < -0.4 is 5.32 Å². The number of aromatic nitrogens is 1. The smallest absolute Gasteiger partial charge is 0.124 e. The molecule has 8 aromatic rings. The number of fused-ring (bicyclic) bond motifs is 5. The highest BCUT2D eigenvalue weighted by Gasteiger charge is 2.36. The fraction of sp³-hybridized carbons (Fsp3) is 0.0851. The van der Waals surface area contributed by atoms with Gasteiger partial charge in [-0.15, -0.1) is 11.3 Å². The van der Waals surface area contributed by atoms with E-state index in [2.05, 4.69) is 177 Å². The van der Waals surface area contributed by atoms with Crippen molar-refractivity contribution in [1.82, 2.24) is 4.98 Å². The zero-order valence-electron chi connectivity index (χ0n) is 28.4. The van der Waals surface area contributed by atoms with Gasteiger partial charge in [0.05, 0.1) is 10.2 Å². The Labute approximate surface area is 306 Å². The molecule has 0 radical (unpaired) electrons. The van der Waals surface area contributed by atoms with Crippen molar-refractivity contribution in [2.24, 2.45) is 0 Å². The fourth-order valence-electron chi connectivity index (χ4n) is 7.83. The number of thiazole rings is 1. The number of thioether (sulfide) groups is 1. The Morgan fingerprint density at radius 1 is 0.529 bits per heavy atom. The summed E-state index contributed by atoms with van der Waals surface area (Å²) in [5.74, 6) is 0. The molecule has 2 nitrogen and oxygen atoms in total. The van der Waals surface area contributed by atoms with Crippen molar-refractivity contribution in [3.63, 3.8) is 0 Å². The van der Waals surface area contributed by atoms with Crippen molar-refractivity contribution in [2.45, 2.75) is 29.5 Å². The van der Waals surface area contributed by atoms with Crippen LogP contribution in [0.3, 0.4) is 0 Å². The Bertz CT molecular complexity index is 2580. The van der Waals surface area contributed by atoms with E-state index in [4.69, 9.17) is 4.98 Å². The molecular weight excluding hydrogens is 657 g/mol. The number of benzene rings is 7. The van der Waals surface area contributed by atoms with Crippen LogP contribution >= 0.6 is 23.1 Å². The van der Waals surface area contributed by atoms with Gasteiger partial charge in [0, 0.05) is 21.6 Å². The van der Waals surface area contributed by atoms with Crippen LogP contribution in [0.25, 0.3) is 65.3 Å². The molecule has 0 spiro atoms. The number of para-hydroxylation sites is 2. The molecule has 51 heavy (non-hydrogen) atoms. The number of anilines is 1. The predicted molar refractivity (Wildman–Crippen MR) is 218 cm³/mol. The Morgan fingerprint density at radius 3 is 1.90 bits per heavy atom. The molecule has 244 valence electrons. The minimum Gasteiger partial charge on any atom is -0.368 e. The lowest BCUT2D eigenvalue weighted by Crippen LogP contribution is -2.15. The molecule has 1 aliphatic carbocycles. The molecule has 7 aromatic carbocycles. The lowest BCUT2D eigenvalue weighted by atomic mass is 9.80. The van der Waals surface area contributed by atoms with Crippen LogP contribution in [0.2, 0.25) is 0 Å². The van der Waals surface area contributed by atoms with Gasteiger partial charge in [-0.25, -0.2) is 4.98 Å². The minimum absolute atomic E-state index is 0.104. The minimum atomic E-state index is -0.104. The summed E-state index contributed by atoms with van der Waals surface area (Å²) in [4.78, 5) is 6.35. The van der Waals surface area contributed by atoms with Gasteiger partial charge in [0.2, 0.25) is 0 Å². The second-order valence-corrected chi connectivity index (χ2v) is 16.2. The standard InChI is InChI=1S/C47H34N2S2/c1-47(2)39-27-32(29-11-4-3-5-12-29)19-21-37(39)38-22-20-33(28-40(38)47)30-13-10-14-31(23-30)34-24-35(45-48-41-15-6-8-17-43(41)50-45)26-36(25-34)46-49-42-16-7-9-18-44(42)51-46/h3-28,45,48H,1-2H3. The topological polar surface area (TPSA) is 24.9 Å². The summed E-state index contributed by atoms with van der Waals surface area (Å²) >= 11 is 3.64. The van der Waals surface area contributed by atoms with Gasteiger partial charge in [0.15, 0.2) is 0 Å². The summed E-state index contributed by atoms with van der Waals surface area (Å²) in [7, 11) is 0. The van der Waals surface area contributed by atoms with E-state index in [1.54, 1.807) is 11.3 Å². The Morgan fingerprint density at radius 2 is 1.14 bits per heavy atom. The predicted octanol–water partition coefficient (Wildman–Crippen LogP) is 13.5. The van der Waals surface area contributed by atoms with Crippen LogP contribution in [-0.4, -0.2) is 4.98 Å². The molecule has 1 atom stereocenters. The molecule has 2 aliphatic rings. The van der Waals surface area contributed by atoms with Crippen LogP contribution in [0.1, 0.15) is 35.9 Å². The number of nitrogens with zero attached hydrogens (tertiary/aromatic N) is 1. The molecule has 10 rings (SSSR count). The molecular formula is C47H34N2S2. The summed E-state index contributed by atoms with van der Waals surface area (Å²) in [6, 6.07) is 57.8. The van der Waals surface area contributed by atoms with Gasteiger partial charge in [-0.3, -0.25) is 0 Å². The Balaban J connectivity index is 1.04. The van der Waals surface area contributed by atoms with Gasteiger partial charge in [-0.2, -0.15) is 0 Å². The molecule has 2 heterocycles. The molecule has 0 saturated carbocycles. The SMILES string of the molecule is CC1(C)c2cc(-c3ccccc3)ccc2-c2ccc(-c3cccc(-c4cc(-c5nc6ccccc6s5)cc(C5Nc6ccccc6S5)c4)c3)cc21. The van der Waals surface area contributed by atoms with Gasteiger partial charge in [-0.05, 0) is 122 Å². The summed E-state index contributed by atoms with van der Waals surface area (Å²) in [5.41, 5.74) is 17.4. The first-order valence-corrected chi connectivity index (χ1v) is 19.2. The highest BCUT2D eigenvalue weighted by molar-refractivity contribution is 8.00. The van der Waals surface area contributed by atoms with E-state index in [0.29, 0.717) is 0 Å². The first-order valence-electron chi connectivity index (χ1n) is 17.5. The van der Waals surface area contributed by atoms with E-state index in [1.807, 2.05) is 11.8 Å². The van der Waals surface area contributed by atoms with Crippen LogP contribution in [0.15, 0.2) is 163 Å². The molecule has 0 saturated heterocycles. The molecule has 1 aliphatic heterocycles. The number of nitrogens with one attached hydrogen (secondary N) is 1. The van der Waals surface area contributed by atoms with Gasteiger partial charge in [-0.1, -0.05) is 123 Å². The average molecular weight is 691 g/mol. The first-order chi connectivity index (χ1) is 25.0. The highest BCUT2D eigenvalue weighted by Crippen LogP contribution is 2.51. The molecule has 0 bridgehead atoms. The Hall–Kier alpha value is -5.42. The third kappa shape index (κ3) is 5.21. The van der Waals surface area contributed by atoms with Crippen molar-refractivity contribution in [2.75, 3.05) is 5.32 Å². The third-order valence-corrected chi connectivity index (χ3v) is 12.9. The van der Waals surface area contributed by atoms with Crippen LogP contribution in [0.4, 0.5) is 5.69 Å². The van der Waals surface area contributed by atoms with Gasteiger partial charge in [0.25, 0.3) is 0 Å². The van der Waals surface area contributed by atoms with Crippen molar-refractivity contribution < 1.29 is 0 Å². The zero-order chi connectivity index (χ0) is 34.1. The lowest BCUT2D eigenvalue weighted by molar-refractivity contribution is 0.661. The van der Waals surface area contributed by atoms with Crippen molar-refractivity contribution in [3.8, 4) is 55.1 Å². The monoisotopic (exact) mass is 690 g/mol. The summed E-state index contributed by atoms with van der Waals surface area (Å²) in [5, 5.41) is 4.94. The van der Waals surface area contributed by atoms with Crippen LogP contribution in [0, 0.1) is 0 Å². The van der Waals surface area contributed by atoms with E-state index in [1.165, 1.54) is 76.5 Å². The fourth-order valence-corrected chi connectivity index (χ4v) is 9.91. The average Bonchev–Trinajstić information content (AvgIpc) is 3.88. The second kappa shape index (κ2) is 11.8. The van der Waals surface area contributed by atoms with Crippen molar-refractivity contribution in [3.05, 3.63) is 174 Å². The van der Waals surface area contributed by atoms with Gasteiger partial charge in [0.1, 0.15) is 10.4 Å². The molecule has 1 unspecified atom stereocenters. The number of rotatable bonds is 5. The van der Waals surface area contributed by atoms with E-state index < -0.39 is 0 Å². The van der Waals surface area contributed by atoms with E-state index >= 15 is 0 Å². The maximum Gasteiger partial charge on any atom is 0.124 e. The maximum atomic E-state index is 5.07. The summed E-state index contributed by atoms with van der Waals surface area (Å²) in [6.07, 6.45) is 0. The van der Waals surface area contributed by atoms with Crippen LogP contribution in [0.5, 0.6) is 0 Å². The molecule has 1 aromatic heterocycles. The largest absolute Gasteiger partial charge is 0.368 e. The lowest BCUT2D eigenvalue weighted by Gasteiger charge is -2.22. The van der Waals surface area contributed by atoms with E-state index in [0.717, 1.165) is 16.1 Å². The molecule has 4 heteroatoms. The maximum absolute atomic E-state index is 5.07. The zero-order valence-corrected chi connectivity index (χ0v) is 30.0. The summed E-state index contributed by atoms with van der Waals surface area (Å²) in [6.45, 7) is 4.74. The Kier molecular flexibility index (Phi) is 7.06. The van der Waals surface area contributed by atoms with Crippen molar-refractivity contribution >= 4 is 39.0 Å². The van der Waals surface area contributed by atoms with Crippen LogP contribution in [-0.2, 0) is 5.41 Å². The second-order valence-electron chi connectivity index (χ2n) is 14.1. The van der Waals surface area contributed by atoms with Gasteiger partial charge < -0.3 is 5.32 Å². The van der Waals surface area contributed by atoms with E-state index in [9.17, 15) is 0 Å². The molecule has 0 fully saturated rings. The van der Waals surface area contributed by atoms with Crippen molar-refractivity contribution in [1.29, 1.82) is 0 Å². The highest BCUT2D eigenvalue weighted by atomic mass is 32.2. The summed E-state index contributed by atoms with van der Waals surface area (Å²) < 4.78 is 1.21. The van der Waals surface area contributed by atoms with Gasteiger partial charge >= 0.3 is 0 Å². The number of hydrogen-bond acceptors (Lipinski definition) is 4. The normalized spacial score (nSPS) is 15.3. The quantitative estimate of drug-likeness (QED) is 0.195. The third-order valence-electron chi connectivity index (χ3n) is 10.5. The molecule has 0 amide bonds.